The van der Waals surface area contributed by atoms with Crippen molar-refractivity contribution in [2.24, 2.45) is 11.7 Å². The van der Waals surface area contributed by atoms with E-state index in [1.807, 2.05) is 0 Å². The van der Waals surface area contributed by atoms with Crippen LogP contribution in [0, 0.1) is 5.92 Å². The molecule has 1 saturated heterocycles. The van der Waals surface area contributed by atoms with Crippen LogP contribution in [-0.2, 0) is 6.54 Å². The van der Waals surface area contributed by atoms with E-state index in [9.17, 15) is 0 Å². The lowest BCUT2D eigenvalue weighted by Crippen LogP contribution is -2.41. The largest absolute Gasteiger partial charge is 0.369 e. The van der Waals surface area contributed by atoms with Gasteiger partial charge in [0.2, 0.25) is 0 Å². The first kappa shape index (κ1) is 12.9. The zero-order chi connectivity index (χ0) is 12.4. The SMILES string of the molecule is CC1CCC(C)N(c2cc(Br)cc(CN)c2)C1. The second-order valence-corrected chi connectivity index (χ2v) is 6.12. The van der Waals surface area contributed by atoms with Gasteiger partial charge in [-0.2, -0.15) is 0 Å². The van der Waals surface area contributed by atoms with Crippen LogP contribution in [0.25, 0.3) is 0 Å². The summed E-state index contributed by atoms with van der Waals surface area (Å²) < 4.78 is 1.13. The van der Waals surface area contributed by atoms with Crippen LogP contribution in [-0.4, -0.2) is 12.6 Å². The number of hydrogen-bond donors (Lipinski definition) is 1. The average Bonchev–Trinajstić information content (AvgIpc) is 2.31. The summed E-state index contributed by atoms with van der Waals surface area (Å²) in [7, 11) is 0. The summed E-state index contributed by atoms with van der Waals surface area (Å²) in [4.78, 5) is 2.51. The first-order valence-corrected chi connectivity index (χ1v) is 7.15. The molecule has 0 bridgehead atoms. The van der Waals surface area contributed by atoms with Gasteiger partial charge >= 0.3 is 0 Å². The molecule has 1 aromatic rings. The van der Waals surface area contributed by atoms with Crippen molar-refractivity contribution < 1.29 is 0 Å². The molecule has 1 fully saturated rings. The fraction of sp³-hybridized carbons (Fsp3) is 0.571. The van der Waals surface area contributed by atoms with Gasteiger partial charge in [0.15, 0.2) is 0 Å². The molecule has 2 unspecified atom stereocenters. The lowest BCUT2D eigenvalue weighted by molar-refractivity contribution is 0.390. The third kappa shape index (κ3) is 3.02. The maximum Gasteiger partial charge on any atom is 0.0383 e. The van der Waals surface area contributed by atoms with Crippen LogP contribution < -0.4 is 10.6 Å². The quantitative estimate of drug-likeness (QED) is 0.905. The minimum absolute atomic E-state index is 0.601. The van der Waals surface area contributed by atoms with Crippen molar-refractivity contribution in [1.82, 2.24) is 0 Å². The van der Waals surface area contributed by atoms with Gasteiger partial charge in [0.25, 0.3) is 0 Å². The zero-order valence-electron chi connectivity index (χ0n) is 10.6. The fourth-order valence-electron chi connectivity index (χ4n) is 2.57. The number of piperidine rings is 1. The van der Waals surface area contributed by atoms with Crippen LogP contribution in [0.1, 0.15) is 32.3 Å². The lowest BCUT2D eigenvalue weighted by Gasteiger charge is -2.39. The number of nitrogens with two attached hydrogens (primary N) is 1. The molecule has 0 amide bonds. The second kappa shape index (κ2) is 5.40. The third-order valence-corrected chi connectivity index (χ3v) is 4.09. The highest BCUT2D eigenvalue weighted by Gasteiger charge is 2.23. The molecule has 0 aliphatic carbocycles. The minimum Gasteiger partial charge on any atom is -0.369 e. The zero-order valence-corrected chi connectivity index (χ0v) is 12.2. The Morgan fingerprint density at radius 3 is 2.76 bits per heavy atom. The number of anilines is 1. The molecule has 2 N–H and O–H groups in total. The highest BCUT2D eigenvalue weighted by molar-refractivity contribution is 9.10. The summed E-state index contributed by atoms with van der Waals surface area (Å²) >= 11 is 3.57. The fourth-order valence-corrected chi connectivity index (χ4v) is 3.09. The molecule has 0 aromatic heterocycles. The summed E-state index contributed by atoms with van der Waals surface area (Å²) in [5, 5.41) is 0. The molecule has 1 aliphatic rings. The molecule has 0 radical (unpaired) electrons. The molecule has 17 heavy (non-hydrogen) atoms. The molecule has 0 spiro atoms. The summed E-state index contributed by atoms with van der Waals surface area (Å²) in [6.45, 7) is 6.40. The van der Waals surface area contributed by atoms with E-state index >= 15 is 0 Å². The molecule has 1 heterocycles. The summed E-state index contributed by atoms with van der Waals surface area (Å²) in [6.07, 6.45) is 2.63. The van der Waals surface area contributed by atoms with Crippen molar-refractivity contribution in [3.8, 4) is 0 Å². The highest BCUT2D eigenvalue weighted by Crippen LogP contribution is 2.30. The smallest absolute Gasteiger partial charge is 0.0383 e. The van der Waals surface area contributed by atoms with E-state index in [2.05, 4.69) is 52.9 Å². The summed E-state index contributed by atoms with van der Waals surface area (Å²) in [5.41, 5.74) is 8.24. The van der Waals surface area contributed by atoms with Crippen LogP contribution in [0.3, 0.4) is 0 Å². The molecule has 2 rings (SSSR count). The van der Waals surface area contributed by atoms with Crippen molar-refractivity contribution in [2.75, 3.05) is 11.4 Å². The first-order chi connectivity index (χ1) is 8.10. The molecule has 1 aliphatic heterocycles. The van der Waals surface area contributed by atoms with Crippen LogP contribution in [0.2, 0.25) is 0 Å². The van der Waals surface area contributed by atoms with Crippen LogP contribution in [0.4, 0.5) is 5.69 Å². The second-order valence-electron chi connectivity index (χ2n) is 5.21. The predicted octanol–water partition coefficient (Wildman–Crippen LogP) is 3.53. The van der Waals surface area contributed by atoms with Gasteiger partial charge in [-0.05, 0) is 49.4 Å². The van der Waals surface area contributed by atoms with Gasteiger partial charge in [-0.1, -0.05) is 22.9 Å². The third-order valence-electron chi connectivity index (χ3n) is 3.63. The molecular weight excluding hydrogens is 276 g/mol. The van der Waals surface area contributed by atoms with Gasteiger partial charge in [0.05, 0.1) is 0 Å². The van der Waals surface area contributed by atoms with E-state index in [0.29, 0.717) is 12.6 Å². The minimum atomic E-state index is 0.601. The van der Waals surface area contributed by atoms with E-state index in [1.165, 1.54) is 24.1 Å². The van der Waals surface area contributed by atoms with Gasteiger partial charge < -0.3 is 10.6 Å². The molecule has 1 aromatic carbocycles. The molecule has 94 valence electrons. The number of nitrogens with zero attached hydrogens (tertiary/aromatic N) is 1. The van der Waals surface area contributed by atoms with Crippen molar-refractivity contribution in [1.29, 1.82) is 0 Å². The lowest BCUT2D eigenvalue weighted by atomic mass is 9.94. The first-order valence-electron chi connectivity index (χ1n) is 6.36. The van der Waals surface area contributed by atoms with Crippen molar-refractivity contribution in [2.45, 2.75) is 39.3 Å². The molecule has 2 nitrogen and oxygen atoms in total. The van der Waals surface area contributed by atoms with Crippen LogP contribution in [0.5, 0.6) is 0 Å². The van der Waals surface area contributed by atoms with E-state index in [-0.39, 0.29) is 0 Å². The van der Waals surface area contributed by atoms with E-state index in [1.54, 1.807) is 0 Å². The Kier molecular flexibility index (Phi) is 4.10. The number of rotatable bonds is 2. The van der Waals surface area contributed by atoms with Gasteiger partial charge in [0, 0.05) is 29.3 Å². The van der Waals surface area contributed by atoms with Crippen LogP contribution in [0.15, 0.2) is 22.7 Å². The maximum absolute atomic E-state index is 5.74. The maximum atomic E-state index is 5.74. The monoisotopic (exact) mass is 296 g/mol. The Morgan fingerprint density at radius 2 is 2.06 bits per heavy atom. The molecule has 3 heteroatoms. The van der Waals surface area contributed by atoms with Crippen LogP contribution >= 0.6 is 15.9 Å². The van der Waals surface area contributed by atoms with Gasteiger partial charge in [0.1, 0.15) is 0 Å². The van der Waals surface area contributed by atoms with E-state index < -0.39 is 0 Å². The normalized spacial score (nSPS) is 25.1. The van der Waals surface area contributed by atoms with Gasteiger partial charge in [-0.25, -0.2) is 0 Å². The average molecular weight is 297 g/mol. The van der Waals surface area contributed by atoms with Crippen molar-refractivity contribution in [3.05, 3.63) is 28.2 Å². The van der Waals surface area contributed by atoms with E-state index in [0.717, 1.165) is 16.9 Å². The Morgan fingerprint density at radius 1 is 1.29 bits per heavy atom. The molecule has 0 saturated carbocycles. The molecular formula is C14H21BrN2. The number of hydrogen-bond acceptors (Lipinski definition) is 2. The topological polar surface area (TPSA) is 29.3 Å². The van der Waals surface area contributed by atoms with Gasteiger partial charge in [-0.15, -0.1) is 0 Å². The Labute approximate surface area is 112 Å². The predicted molar refractivity (Wildman–Crippen MR) is 77.2 cm³/mol. The van der Waals surface area contributed by atoms with Crippen molar-refractivity contribution >= 4 is 21.6 Å². The molecule has 2 atom stereocenters. The summed E-state index contributed by atoms with van der Waals surface area (Å²) in [5.74, 6) is 0.784. The number of benzene rings is 1. The standard InChI is InChI=1S/C14H21BrN2/c1-10-3-4-11(2)17(9-10)14-6-12(8-16)5-13(15)7-14/h5-7,10-11H,3-4,8-9,16H2,1-2H3. The number of halogens is 1. The Balaban J connectivity index is 2.28. The Bertz CT molecular complexity index is 392. The van der Waals surface area contributed by atoms with E-state index in [4.69, 9.17) is 5.73 Å². The highest BCUT2D eigenvalue weighted by atomic mass is 79.9. The van der Waals surface area contributed by atoms with Crippen molar-refractivity contribution in [3.63, 3.8) is 0 Å². The summed E-state index contributed by atoms with van der Waals surface area (Å²) in [6, 6.07) is 7.15. The van der Waals surface area contributed by atoms with Gasteiger partial charge in [-0.3, -0.25) is 0 Å². The Hall–Kier alpha value is -0.540.